The average Bonchev–Trinajstić information content (AvgIpc) is 2.94. The van der Waals surface area contributed by atoms with Gasteiger partial charge in [-0.1, -0.05) is 13.8 Å². The molecule has 2 heterocycles. The lowest BCUT2D eigenvalue weighted by atomic mass is 9.78. The number of hydrogen-bond donors (Lipinski definition) is 1. The Morgan fingerprint density at radius 3 is 2.80 bits per heavy atom. The Labute approximate surface area is 123 Å². The third kappa shape index (κ3) is 3.41. The number of nitrogens with one attached hydrogen (secondary N) is 1. The van der Waals surface area contributed by atoms with Gasteiger partial charge in [0.25, 0.3) is 0 Å². The first kappa shape index (κ1) is 15.5. The normalized spacial score (nSPS) is 20.2. The van der Waals surface area contributed by atoms with Gasteiger partial charge in [0.2, 0.25) is 0 Å². The van der Waals surface area contributed by atoms with Gasteiger partial charge < -0.3 is 14.8 Å². The standard InChI is InChI=1S/C16H30N4/c1-5-14(2)19(4)10-11-20-13-18-12-15(20)16(3)6-8-17-9-7-16/h12-14,17H,5-11H2,1-4H3. The van der Waals surface area contributed by atoms with Crippen molar-refractivity contribution >= 4 is 0 Å². The second-order valence-corrected chi connectivity index (χ2v) is 6.52. The Kier molecular flexibility index (Phi) is 5.22. The summed E-state index contributed by atoms with van der Waals surface area (Å²) in [6, 6.07) is 0.649. The van der Waals surface area contributed by atoms with Crippen LogP contribution in [0.1, 0.15) is 45.7 Å². The van der Waals surface area contributed by atoms with Gasteiger partial charge in [0.1, 0.15) is 0 Å². The van der Waals surface area contributed by atoms with Gasteiger partial charge in [-0.2, -0.15) is 0 Å². The summed E-state index contributed by atoms with van der Waals surface area (Å²) in [6.45, 7) is 11.3. The van der Waals surface area contributed by atoms with Crippen LogP contribution < -0.4 is 5.32 Å². The van der Waals surface area contributed by atoms with Crippen molar-refractivity contribution in [3.63, 3.8) is 0 Å². The highest BCUT2D eigenvalue weighted by Crippen LogP contribution is 2.32. The molecule has 1 saturated heterocycles. The Bertz CT molecular complexity index is 406. The lowest BCUT2D eigenvalue weighted by Crippen LogP contribution is -2.39. The van der Waals surface area contributed by atoms with Crippen LogP contribution in [-0.4, -0.2) is 47.2 Å². The molecular formula is C16H30N4. The molecule has 0 bridgehead atoms. The van der Waals surface area contributed by atoms with E-state index in [0.717, 1.165) is 26.2 Å². The molecule has 1 fully saturated rings. The van der Waals surface area contributed by atoms with Crippen LogP contribution in [0.15, 0.2) is 12.5 Å². The van der Waals surface area contributed by atoms with E-state index in [0.29, 0.717) is 6.04 Å². The minimum absolute atomic E-state index is 0.288. The van der Waals surface area contributed by atoms with E-state index in [2.05, 4.69) is 53.8 Å². The van der Waals surface area contributed by atoms with Crippen LogP contribution >= 0.6 is 0 Å². The fraction of sp³-hybridized carbons (Fsp3) is 0.812. The molecular weight excluding hydrogens is 248 g/mol. The average molecular weight is 278 g/mol. The number of aromatic nitrogens is 2. The number of likely N-dealkylation sites (N-methyl/N-ethyl adjacent to an activating group) is 1. The van der Waals surface area contributed by atoms with Crippen molar-refractivity contribution in [2.75, 3.05) is 26.7 Å². The molecule has 0 radical (unpaired) electrons. The lowest BCUT2D eigenvalue weighted by molar-refractivity contribution is 0.237. The first-order valence-corrected chi connectivity index (χ1v) is 7.98. The van der Waals surface area contributed by atoms with E-state index >= 15 is 0 Å². The summed E-state index contributed by atoms with van der Waals surface area (Å²) >= 11 is 0. The SMILES string of the molecule is CCC(C)N(C)CCn1cncc1C1(C)CCNCC1. The summed E-state index contributed by atoms with van der Waals surface area (Å²) in [4.78, 5) is 6.85. The van der Waals surface area contributed by atoms with Crippen molar-refractivity contribution < 1.29 is 0 Å². The van der Waals surface area contributed by atoms with Crippen LogP contribution in [0.5, 0.6) is 0 Å². The maximum Gasteiger partial charge on any atom is 0.0948 e. The van der Waals surface area contributed by atoms with E-state index in [4.69, 9.17) is 0 Å². The molecule has 4 nitrogen and oxygen atoms in total. The Hall–Kier alpha value is -0.870. The molecule has 2 rings (SSSR count). The maximum absolute atomic E-state index is 4.41. The van der Waals surface area contributed by atoms with E-state index in [9.17, 15) is 0 Å². The summed E-state index contributed by atoms with van der Waals surface area (Å²) < 4.78 is 2.37. The van der Waals surface area contributed by atoms with Gasteiger partial charge in [-0.05, 0) is 46.3 Å². The van der Waals surface area contributed by atoms with Crippen LogP contribution in [0.25, 0.3) is 0 Å². The molecule has 0 spiro atoms. The Morgan fingerprint density at radius 1 is 1.45 bits per heavy atom. The van der Waals surface area contributed by atoms with E-state index in [1.54, 1.807) is 0 Å². The van der Waals surface area contributed by atoms with Crippen molar-refractivity contribution in [2.45, 2.75) is 58.0 Å². The van der Waals surface area contributed by atoms with Gasteiger partial charge in [0, 0.05) is 36.4 Å². The molecule has 1 N–H and O–H groups in total. The molecule has 1 aromatic heterocycles. The second kappa shape index (κ2) is 6.72. The van der Waals surface area contributed by atoms with Gasteiger partial charge in [0.05, 0.1) is 6.33 Å². The van der Waals surface area contributed by atoms with Gasteiger partial charge in [-0.25, -0.2) is 4.98 Å². The van der Waals surface area contributed by atoms with Crippen LogP contribution in [0, 0.1) is 0 Å². The monoisotopic (exact) mass is 278 g/mol. The van der Waals surface area contributed by atoms with Crippen molar-refractivity contribution in [3.05, 3.63) is 18.2 Å². The van der Waals surface area contributed by atoms with Crippen LogP contribution in [0.4, 0.5) is 0 Å². The largest absolute Gasteiger partial charge is 0.333 e. The third-order valence-corrected chi connectivity index (χ3v) is 5.07. The molecule has 1 aliphatic heterocycles. The fourth-order valence-electron chi connectivity index (χ4n) is 3.03. The zero-order chi connectivity index (χ0) is 14.6. The maximum atomic E-state index is 4.41. The molecule has 1 aromatic rings. The highest BCUT2D eigenvalue weighted by atomic mass is 15.2. The highest BCUT2D eigenvalue weighted by Gasteiger charge is 2.31. The van der Waals surface area contributed by atoms with Crippen molar-refractivity contribution in [3.8, 4) is 0 Å². The van der Waals surface area contributed by atoms with Crippen molar-refractivity contribution in [1.29, 1.82) is 0 Å². The second-order valence-electron chi connectivity index (χ2n) is 6.52. The number of imidazole rings is 1. The summed E-state index contributed by atoms with van der Waals surface area (Å²) in [6.07, 6.45) is 7.71. The molecule has 0 amide bonds. The van der Waals surface area contributed by atoms with E-state index in [1.165, 1.54) is 25.0 Å². The zero-order valence-electron chi connectivity index (χ0n) is 13.5. The minimum Gasteiger partial charge on any atom is -0.333 e. The molecule has 4 heteroatoms. The lowest BCUT2D eigenvalue weighted by Gasteiger charge is -2.35. The minimum atomic E-state index is 0.288. The van der Waals surface area contributed by atoms with Crippen LogP contribution in [0.2, 0.25) is 0 Å². The smallest absolute Gasteiger partial charge is 0.0948 e. The van der Waals surface area contributed by atoms with Crippen LogP contribution in [0.3, 0.4) is 0 Å². The first-order chi connectivity index (χ1) is 9.57. The van der Waals surface area contributed by atoms with Gasteiger partial charge in [0.15, 0.2) is 0 Å². The first-order valence-electron chi connectivity index (χ1n) is 7.98. The number of nitrogens with zero attached hydrogens (tertiary/aromatic N) is 3. The third-order valence-electron chi connectivity index (χ3n) is 5.07. The van der Waals surface area contributed by atoms with E-state index in [1.807, 2.05) is 6.33 Å². The topological polar surface area (TPSA) is 33.1 Å². The van der Waals surface area contributed by atoms with Crippen LogP contribution in [-0.2, 0) is 12.0 Å². The summed E-state index contributed by atoms with van der Waals surface area (Å²) in [5.41, 5.74) is 1.70. The number of hydrogen-bond acceptors (Lipinski definition) is 3. The van der Waals surface area contributed by atoms with Crippen molar-refractivity contribution in [1.82, 2.24) is 19.8 Å². The molecule has 0 aliphatic carbocycles. The molecule has 1 atom stereocenters. The predicted molar refractivity (Wildman–Crippen MR) is 84.1 cm³/mol. The molecule has 1 unspecified atom stereocenters. The van der Waals surface area contributed by atoms with Gasteiger partial charge >= 0.3 is 0 Å². The quantitative estimate of drug-likeness (QED) is 0.866. The Balaban J connectivity index is 2.01. The highest BCUT2D eigenvalue weighted by molar-refractivity contribution is 5.15. The molecule has 0 saturated carbocycles. The van der Waals surface area contributed by atoms with Gasteiger partial charge in [-0.15, -0.1) is 0 Å². The fourth-order valence-corrected chi connectivity index (χ4v) is 3.03. The van der Waals surface area contributed by atoms with E-state index < -0.39 is 0 Å². The molecule has 114 valence electrons. The number of rotatable bonds is 6. The predicted octanol–water partition coefficient (Wildman–Crippen LogP) is 2.25. The van der Waals surface area contributed by atoms with E-state index in [-0.39, 0.29) is 5.41 Å². The molecule has 1 aliphatic rings. The van der Waals surface area contributed by atoms with Gasteiger partial charge in [-0.3, -0.25) is 0 Å². The molecule has 20 heavy (non-hydrogen) atoms. The summed E-state index contributed by atoms with van der Waals surface area (Å²) in [7, 11) is 2.22. The Morgan fingerprint density at radius 2 is 2.15 bits per heavy atom. The van der Waals surface area contributed by atoms with Crippen molar-refractivity contribution in [2.24, 2.45) is 0 Å². The zero-order valence-corrected chi connectivity index (χ0v) is 13.5. The number of piperidine rings is 1. The summed E-state index contributed by atoms with van der Waals surface area (Å²) in [5, 5.41) is 3.46. The summed E-state index contributed by atoms with van der Waals surface area (Å²) in [5.74, 6) is 0. The molecule has 0 aromatic carbocycles.